The maximum atomic E-state index is 6.30. The van der Waals surface area contributed by atoms with E-state index in [-0.39, 0.29) is 6.10 Å². The van der Waals surface area contributed by atoms with Crippen LogP contribution in [-0.4, -0.2) is 36.7 Å². The lowest BCUT2D eigenvalue weighted by atomic mass is 9.78. The summed E-state index contributed by atoms with van der Waals surface area (Å²) in [5, 5.41) is 0.802. The molecule has 21 heavy (non-hydrogen) atoms. The van der Waals surface area contributed by atoms with Crippen LogP contribution in [0.25, 0.3) is 0 Å². The third kappa shape index (κ3) is 2.67. The summed E-state index contributed by atoms with van der Waals surface area (Å²) in [6.45, 7) is 3.38. The van der Waals surface area contributed by atoms with Gasteiger partial charge in [-0.25, -0.2) is 0 Å². The van der Waals surface area contributed by atoms with E-state index in [1.807, 2.05) is 18.2 Å². The van der Waals surface area contributed by atoms with Crippen molar-refractivity contribution in [2.45, 2.75) is 37.8 Å². The lowest BCUT2D eigenvalue weighted by Gasteiger charge is -2.29. The van der Waals surface area contributed by atoms with Gasteiger partial charge in [0.05, 0.1) is 0 Å². The Kier molecular flexibility index (Phi) is 3.60. The number of likely N-dealkylation sites (tertiary alicyclic amines) is 1. The number of hydrogen-bond acceptors (Lipinski definition) is 3. The van der Waals surface area contributed by atoms with Crippen molar-refractivity contribution in [1.29, 1.82) is 0 Å². The van der Waals surface area contributed by atoms with Gasteiger partial charge in [0.2, 0.25) is 0 Å². The van der Waals surface area contributed by atoms with E-state index < -0.39 is 0 Å². The summed E-state index contributed by atoms with van der Waals surface area (Å²) in [7, 11) is 0. The minimum atomic E-state index is 0.273. The summed E-state index contributed by atoms with van der Waals surface area (Å²) in [5.74, 6) is 2.53. The minimum Gasteiger partial charge on any atom is -0.488 e. The largest absolute Gasteiger partial charge is 0.488 e. The molecule has 1 saturated heterocycles. The Morgan fingerprint density at radius 2 is 2.19 bits per heavy atom. The van der Waals surface area contributed by atoms with Gasteiger partial charge in [-0.05, 0) is 48.4 Å². The standard InChI is InChI=1S/C17H23ClN2O/c18-13-4-5-17-12(6-13)7-14(21-17)9-20-8-11-2-1-3-16(19)15(11)10-20/h4-6,11,14-16H,1-3,7-10,19H2. The van der Waals surface area contributed by atoms with Gasteiger partial charge < -0.3 is 10.5 Å². The van der Waals surface area contributed by atoms with Crippen molar-refractivity contribution < 1.29 is 4.74 Å². The third-order valence-electron chi connectivity index (χ3n) is 5.46. The maximum absolute atomic E-state index is 6.30. The second-order valence-corrected chi connectivity index (χ2v) is 7.37. The molecule has 114 valence electrons. The average Bonchev–Trinajstić information content (AvgIpc) is 3.02. The number of halogens is 1. The van der Waals surface area contributed by atoms with Gasteiger partial charge in [-0.15, -0.1) is 0 Å². The van der Waals surface area contributed by atoms with Crippen LogP contribution in [0.15, 0.2) is 18.2 Å². The Bertz CT molecular complexity index is 536. The normalized spacial score (nSPS) is 35.3. The lowest BCUT2D eigenvalue weighted by Crippen LogP contribution is -2.38. The summed E-state index contributed by atoms with van der Waals surface area (Å²) in [6.07, 6.45) is 5.12. The molecular formula is C17H23ClN2O. The molecule has 2 heterocycles. The Labute approximate surface area is 131 Å². The van der Waals surface area contributed by atoms with Crippen molar-refractivity contribution in [3.63, 3.8) is 0 Å². The fraction of sp³-hybridized carbons (Fsp3) is 0.647. The fourth-order valence-electron chi connectivity index (χ4n) is 4.44. The van der Waals surface area contributed by atoms with Gasteiger partial charge in [0, 0.05) is 37.1 Å². The highest BCUT2D eigenvalue weighted by atomic mass is 35.5. The smallest absolute Gasteiger partial charge is 0.123 e. The quantitative estimate of drug-likeness (QED) is 0.913. The van der Waals surface area contributed by atoms with E-state index in [1.165, 1.54) is 31.4 Å². The van der Waals surface area contributed by atoms with E-state index in [1.54, 1.807) is 0 Å². The predicted octanol–water partition coefficient (Wildman–Crippen LogP) is 2.70. The van der Waals surface area contributed by atoms with E-state index in [4.69, 9.17) is 22.1 Å². The van der Waals surface area contributed by atoms with E-state index in [0.29, 0.717) is 12.0 Å². The maximum Gasteiger partial charge on any atom is 0.123 e. The monoisotopic (exact) mass is 306 g/mol. The molecular weight excluding hydrogens is 284 g/mol. The number of fused-ring (bicyclic) bond motifs is 2. The van der Waals surface area contributed by atoms with Gasteiger partial charge in [-0.3, -0.25) is 4.90 Å². The molecule has 3 aliphatic rings. The summed E-state index contributed by atoms with van der Waals surface area (Å²) >= 11 is 6.06. The topological polar surface area (TPSA) is 38.5 Å². The first-order valence-electron chi connectivity index (χ1n) is 8.12. The number of nitrogens with zero attached hydrogens (tertiary/aromatic N) is 1. The fourth-order valence-corrected chi connectivity index (χ4v) is 4.63. The summed E-state index contributed by atoms with van der Waals surface area (Å²) in [4.78, 5) is 2.57. The first-order valence-corrected chi connectivity index (χ1v) is 8.50. The van der Waals surface area contributed by atoms with Crippen molar-refractivity contribution in [3.8, 4) is 5.75 Å². The highest BCUT2D eigenvalue weighted by Gasteiger charge is 2.39. The Morgan fingerprint density at radius 3 is 3.05 bits per heavy atom. The highest BCUT2D eigenvalue weighted by Crippen LogP contribution is 2.37. The zero-order chi connectivity index (χ0) is 14.4. The van der Waals surface area contributed by atoms with Gasteiger partial charge >= 0.3 is 0 Å². The SMILES string of the molecule is NC1CCCC2CN(CC3Cc4cc(Cl)ccc4O3)CC12. The molecule has 4 atom stereocenters. The molecule has 1 saturated carbocycles. The van der Waals surface area contributed by atoms with Gasteiger partial charge in [0.15, 0.2) is 0 Å². The molecule has 0 bridgehead atoms. The van der Waals surface area contributed by atoms with Crippen molar-refractivity contribution in [1.82, 2.24) is 4.90 Å². The zero-order valence-corrected chi connectivity index (χ0v) is 13.1. The highest BCUT2D eigenvalue weighted by molar-refractivity contribution is 6.30. The van der Waals surface area contributed by atoms with Gasteiger partial charge in [-0.2, -0.15) is 0 Å². The molecule has 0 aromatic heterocycles. The molecule has 0 spiro atoms. The van der Waals surface area contributed by atoms with Crippen LogP contribution in [0.5, 0.6) is 5.75 Å². The molecule has 1 aromatic carbocycles. The second kappa shape index (κ2) is 5.45. The summed E-state index contributed by atoms with van der Waals surface area (Å²) in [5.41, 5.74) is 7.55. The average molecular weight is 307 g/mol. The molecule has 0 radical (unpaired) electrons. The molecule has 4 rings (SSSR count). The van der Waals surface area contributed by atoms with Crippen LogP contribution in [0, 0.1) is 11.8 Å². The molecule has 2 aliphatic heterocycles. The van der Waals surface area contributed by atoms with Crippen LogP contribution < -0.4 is 10.5 Å². The van der Waals surface area contributed by atoms with Crippen molar-refractivity contribution in [3.05, 3.63) is 28.8 Å². The number of rotatable bonds is 2. The first-order chi connectivity index (χ1) is 10.2. The van der Waals surface area contributed by atoms with Gasteiger partial charge in [0.1, 0.15) is 11.9 Å². The Balaban J connectivity index is 1.38. The predicted molar refractivity (Wildman–Crippen MR) is 84.8 cm³/mol. The number of hydrogen-bond donors (Lipinski definition) is 1. The van der Waals surface area contributed by atoms with Gasteiger partial charge in [0.25, 0.3) is 0 Å². The molecule has 0 amide bonds. The molecule has 4 unspecified atom stereocenters. The van der Waals surface area contributed by atoms with E-state index in [2.05, 4.69) is 4.90 Å². The van der Waals surface area contributed by atoms with Gasteiger partial charge in [-0.1, -0.05) is 18.0 Å². The molecule has 3 nitrogen and oxygen atoms in total. The number of nitrogens with two attached hydrogens (primary N) is 1. The Hall–Kier alpha value is -0.770. The van der Waals surface area contributed by atoms with E-state index in [0.717, 1.165) is 36.2 Å². The summed E-state index contributed by atoms with van der Waals surface area (Å²) in [6, 6.07) is 6.36. The van der Waals surface area contributed by atoms with Crippen molar-refractivity contribution >= 4 is 11.6 Å². The summed E-state index contributed by atoms with van der Waals surface area (Å²) < 4.78 is 6.07. The molecule has 1 aromatic rings. The van der Waals surface area contributed by atoms with Crippen LogP contribution in [0.2, 0.25) is 5.02 Å². The lowest BCUT2D eigenvalue weighted by molar-refractivity contribution is 0.163. The molecule has 1 aliphatic carbocycles. The van der Waals surface area contributed by atoms with Crippen LogP contribution in [-0.2, 0) is 6.42 Å². The molecule has 2 fully saturated rings. The minimum absolute atomic E-state index is 0.273. The molecule has 4 heteroatoms. The third-order valence-corrected chi connectivity index (χ3v) is 5.69. The zero-order valence-electron chi connectivity index (χ0n) is 12.3. The van der Waals surface area contributed by atoms with Crippen LogP contribution in [0.3, 0.4) is 0 Å². The second-order valence-electron chi connectivity index (χ2n) is 6.93. The molecule has 2 N–H and O–H groups in total. The van der Waals surface area contributed by atoms with Crippen LogP contribution in [0.1, 0.15) is 24.8 Å². The van der Waals surface area contributed by atoms with Crippen LogP contribution >= 0.6 is 11.6 Å². The van der Waals surface area contributed by atoms with E-state index in [9.17, 15) is 0 Å². The van der Waals surface area contributed by atoms with Crippen molar-refractivity contribution in [2.24, 2.45) is 17.6 Å². The number of ether oxygens (including phenoxy) is 1. The number of benzene rings is 1. The Morgan fingerprint density at radius 1 is 1.29 bits per heavy atom. The van der Waals surface area contributed by atoms with Crippen LogP contribution in [0.4, 0.5) is 0 Å². The first kappa shape index (κ1) is 13.9. The van der Waals surface area contributed by atoms with Crippen molar-refractivity contribution in [2.75, 3.05) is 19.6 Å². The van der Waals surface area contributed by atoms with E-state index >= 15 is 0 Å².